The molecule has 0 nitrogen and oxygen atoms in total. The van der Waals surface area contributed by atoms with Gasteiger partial charge >= 0.3 is 0 Å². The summed E-state index contributed by atoms with van der Waals surface area (Å²) >= 11 is 0. The molecular weight excluding hydrogens is 152 g/mol. The van der Waals surface area contributed by atoms with Gasteiger partial charge in [-0.3, -0.25) is 0 Å². The smallest absolute Gasteiger partial charge is 0.0613 e. The third-order valence-electron chi connectivity index (χ3n) is 2.01. The second-order valence-electron chi connectivity index (χ2n) is 2.85. The molecule has 0 bridgehead atoms. The lowest BCUT2D eigenvalue weighted by Crippen LogP contribution is -1.64. The first-order valence-electron chi connectivity index (χ1n) is 3.71. The molecule has 11 heavy (non-hydrogen) atoms. The number of rotatable bonds is 0. The van der Waals surface area contributed by atoms with Crippen molar-refractivity contribution in [1.82, 2.24) is 0 Å². The van der Waals surface area contributed by atoms with E-state index in [1.165, 1.54) is 15.6 Å². The molecule has 0 radical (unpaired) electrons. The highest BCUT2D eigenvalue weighted by molar-refractivity contribution is 7.34. The third-order valence-corrected chi connectivity index (χ3v) is 3.77. The van der Waals surface area contributed by atoms with Crippen molar-refractivity contribution >= 4 is 20.6 Å². The maximum Gasteiger partial charge on any atom is 0.180 e. The monoisotopic (exact) mass is 163 g/mol. The van der Waals surface area contributed by atoms with Gasteiger partial charge in [-0.2, -0.15) is 0 Å². The van der Waals surface area contributed by atoms with Crippen molar-refractivity contribution in [3.05, 3.63) is 35.2 Å². The van der Waals surface area contributed by atoms with Crippen LogP contribution in [0.2, 0.25) is 0 Å². The Kier molecular flexibility index (Phi) is 1.46. The molecule has 0 spiro atoms. The van der Waals surface area contributed by atoms with Gasteiger partial charge in [0.05, 0.1) is 0 Å². The number of thiophene rings is 1. The fourth-order valence-corrected chi connectivity index (χ4v) is 3.12. The molecule has 0 fully saturated rings. The van der Waals surface area contributed by atoms with Gasteiger partial charge in [-0.15, -0.1) is 0 Å². The summed E-state index contributed by atoms with van der Waals surface area (Å²) in [5.74, 6) is 0. The van der Waals surface area contributed by atoms with E-state index in [9.17, 15) is 0 Å². The van der Waals surface area contributed by atoms with Crippen molar-refractivity contribution in [1.29, 1.82) is 0 Å². The standard InChI is InChI=1S/C10H11S/c1-8-7-11(2)10-6-4-3-5-9(8)10/h3-7H,1-2H3/q+1. The van der Waals surface area contributed by atoms with Crippen LogP contribution in [-0.2, 0) is 6.26 Å². The zero-order valence-corrected chi connectivity index (χ0v) is 7.61. The Labute approximate surface area is 69.5 Å². The normalized spacial score (nSPS) is 12.4. The molecule has 0 aliphatic rings. The molecule has 2 rings (SSSR count). The molecule has 0 aliphatic heterocycles. The van der Waals surface area contributed by atoms with Crippen LogP contribution >= 0.6 is 10.5 Å². The quantitative estimate of drug-likeness (QED) is 0.522. The maximum atomic E-state index is 2.35. The second kappa shape index (κ2) is 2.35. The van der Waals surface area contributed by atoms with Crippen molar-refractivity contribution in [2.24, 2.45) is 6.26 Å². The van der Waals surface area contributed by atoms with Gasteiger partial charge in [0, 0.05) is 10.9 Å². The fraction of sp³-hybridized carbons (Fsp3) is 0.200. The topological polar surface area (TPSA) is 0 Å². The van der Waals surface area contributed by atoms with Gasteiger partial charge in [-0.05, 0) is 29.5 Å². The highest BCUT2D eigenvalue weighted by atomic mass is 32.2. The summed E-state index contributed by atoms with van der Waals surface area (Å²) in [6, 6.07) is 8.66. The van der Waals surface area contributed by atoms with E-state index in [2.05, 4.69) is 42.8 Å². The van der Waals surface area contributed by atoms with Gasteiger partial charge in [0.15, 0.2) is 4.70 Å². The molecule has 2 aromatic rings. The highest BCUT2D eigenvalue weighted by Crippen LogP contribution is 2.31. The first kappa shape index (κ1) is 6.86. The summed E-state index contributed by atoms with van der Waals surface area (Å²) < 4.78 is 1.50. The summed E-state index contributed by atoms with van der Waals surface area (Å²) in [6.07, 6.45) is 2.27. The Morgan fingerprint density at radius 2 is 1.91 bits per heavy atom. The van der Waals surface area contributed by atoms with Crippen molar-refractivity contribution in [2.75, 3.05) is 0 Å². The van der Waals surface area contributed by atoms with Crippen LogP contribution in [-0.4, -0.2) is 0 Å². The van der Waals surface area contributed by atoms with E-state index in [4.69, 9.17) is 0 Å². The average molecular weight is 163 g/mol. The summed E-state index contributed by atoms with van der Waals surface area (Å²) in [7, 11) is 0.360. The molecule has 56 valence electrons. The molecule has 1 aromatic heterocycles. The van der Waals surface area contributed by atoms with Gasteiger partial charge in [0.1, 0.15) is 11.6 Å². The third kappa shape index (κ3) is 0.962. The molecule has 1 unspecified atom stereocenters. The molecule has 1 heterocycles. The van der Waals surface area contributed by atoms with Crippen molar-refractivity contribution < 1.29 is 0 Å². The van der Waals surface area contributed by atoms with Gasteiger partial charge < -0.3 is 0 Å². The van der Waals surface area contributed by atoms with Crippen LogP contribution in [0.5, 0.6) is 0 Å². The van der Waals surface area contributed by atoms with E-state index in [-0.39, 0.29) is 0 Å². The van der Waals surface area contributed by atoms with Crippen LogP contribution in [0.25, 0.3) is 10.1 Å². The number of benzene rings is 1. The molecule has 0 saturated heterocycles. The second-order valence-corrected chi connectivity index (χ2v) is 4.65. The van der Waals surface area contributed by atoms with Gasteiger partial charge in [-0.25, -0.2) is 0 Å². The van der Waals surface area contributed by atoms with Crippen LogP contribution < -0.4 is 0 Å². The van der Waals surface area contributed by atoms with Crippen LogP contribution in [0.4, 0.5) is 0 Å². The zero-order valence-electron chi connectivity index (χ0n) is 6.79. The Morgan fingerprint density at radius 1 is 1.18 bits per heavy atom. The van der Waals surface area contributed by atoms with Crippen molar-refractivity contribution in [2.45, 2.75) is 6.92 Å². The van der Waals surface area contributed by atoms with E-state index < -0.39 is 0 Å². The molecule has 0 saturated carbocycles. The SMILES string of the molecule is Cc1c[s+](C)c2ccccc12. The summed E-state index contributed by atoms with van der Waals surface area (Å²) in [5, 5.41) is 3.79. The van der Waals surface area contributed by atoms with E-state index in [0.29, 0.717) is 10.5 Å². The Hall–Kier alpha value is -0.820. The lowest BCUT2D eigenvalue weighted by atomic mass is 10.2. The van der Waals surface area contributed by atoms with Crippen LogP contribution in [0, 0.1) is 6.92 Å². The average Bonchev–Trinajstić information content (AvgIpc) is 2.30. The van der Waals surface area contributed by atoms with Gasteiger partial charge in [0.25, 0.3) is 0 Å². The molecule has 1 aromatic carbocycles. The molecule has 1 heteroatoms. The maximum absolute atomic E-state index is 2.35. The lowest BCUT2D eigenvalue weighted by molar-refractivity contribution is 1.60. The largest absolute Gasteiger partial charge is 0.180 e. The minimum Gasteiger partial charge on any atom is -0.0613 e. The van der Waals surface area contributed by atoms with E-state index >= 15 is 0 Å². The summed E-state index contributed by atoms with van der Waals surface area (Å²) in [4.78, 5) is 0. The van der Waals surface area contributed by atoms with Crippen molar-refractivity contribution in [3.8, 4) is 0 Å². The predicted octanol–water partition coefficient (Wildman–Crippen LogP) is 3.43. The number of fused-ring (bicyclic) bond motifs is 1. The van der Waals surface area contributed by atoms with E-state index in [1.54, 1.807) is 0 Å². The lowest BCUT2D eigenvalue weighted by Gasteiger charge is -1.83. The first-order valence-corrected chi connectivity index (χ1v) is 5.41. The Bertz CT molecular complexity index is 349. The summed E-state index contributed by atoms with van der Waals surface area (Å²) in [5.41, 5.74) is 1.44. The van der Waals surface area contributed by atoms with Crippen LogP contribution in [0.15, 0.2) is 29.6 Å². The minimum atomic E-state index is 0.360. The highest BCUT2D eigenvalue weighted by Gasteiger charge is 2.09. The fourth-order valence-electron chi connectivity index (χ4n) is 1.47. The molecule has 1 atom stereocenters. The minimum absolute atomic E-state index is 0.360. The zero-order chi connectivity index (χ0) is 7.84. The molecule has 0 aliphatic carbocycles. The van der Waals surface area contributed by atoms with E-state index in [0.717, 1.165) is 0 Å². The summed E-state index contributed by atoms with van der Waals surface area (Å²) in [6.45, 7) is 2.19. The van der Waals surface area contributed by atoms with Gasteiger partial charge in [-0.1, -0.05) is 12.1 Å². The Morgan fingerprint density at radius 3 is 2.64 bits per heavy atom. The van der Waals surface area contributed by atoms with Crippen LogP contribution in [0.1, 0.15) is 5.56 Å². The van der Waals surface area contributed by atoms with E-state index in [1.807, 2.05) is 0 Å². The predicted molar refractivity (Wildman–Crippen MR) is 52.1 cm³/mol. The molecule has 0 amide bonds. The first-order chi connectivity index (χ1) is 5.29. The van der Waals surface area contributed by atoms with Crippen molar-refractivity contribution in [3.63, 3.8) is 0 Å². The Balaban J connectivity index is 2.95. The molecular formula is C10H11S+. The molecule has 0 N–H and O–H groups in total. The van der Waals surface area contributed by atoms with Gasteiger partial charge in [0.2, 0.25) is 0 Å². The number of hydrogen-bond donors (Lipinski definition) is 0. The van der Waals surface area contributed by atoms with Crippen LogP contribution in [0.3, 0.4) is 0 Å². The number of aryl methyl sites for hydroxylation is 2. The number of hydrogen-bond acceptors (Lipinski definition) is 0.